The van der Waals surface area contributed by atoms with Crippen molar-refractivity contribution in [1.29, 1.82) is 0 Å². The number of nitrogens with zero attached hydrogens (tertiary/aromatic N) is 3. The van der Waals surface area contributed by atoms with Crippen LogP contribution in [0.25, 0.3) is 11.3 Å². The molecule has 2 fully saturated rings. The molecule has 1 saturated heterocycles. The summed E-state index contributed by atoms with van der Waals surface area (Å²) in [5, 5.41) is 18.9. The molecule has 0 radical (unpaired) electrons. The number of hydrogen-bond acceptors (Lipinski definition) is 5. The van der Waals surface area contributed by atoms with Crippen LogP contribution in [0.1, 0.15) is 29.6 Å². The van der Waals surface area contributed by atoms with Crippen molar-refractivity contribution in [2.75, 3.05) is 32.8 Å². The van der Waals surface area contributed by atoms with Gasteiger partial charge in [-0.3, -0.25) is 14.7 Å². The van der Waals surface area contributed by atoms with Gasteiger partial charge in [0.15, 0.2) is 0 Å². The van der Waals surface area contributed by atoms with Gasteiger partial charge in [0.1, 0.15) is 5.75 Å². The van der Waals surface area contributed by atoms with Crippen LogP contribution >= 0.6 is 0 Å². The summed E-state index contributed by atoms with van der Waals surface area (Å²) in [7, 11) is 0. The van der Waals surface area contributed by atoms with Crippen LogP contribution in [-0.4, -0.2) is 69.7 Å². The monoisotopic (exact) mass is 381 g/mol. The summed E-state index contributed by atoms with van der Waals surface area (Å²) in [6, 6.07) is 11.0. The van der Waals surface area contributed by atoms with Crippen molar-refractivity contribution in [3.05, 3.63) is 48.2 Å². The van der Waals surface area contributed by atoms with Gasteiger partial charge in [-0.15, -0.1) is 0 Å². The van der Waals surface area contributed by atoms with E-state index in [2.05, 4.69) is 9.88 Å². The fraction of sp³-hybridized carbons (Fsp3) is 0.455. The Morgan fingerprint density at radius 1 is 1.18 bits per heavy atom. The summed E-state index contributed by atoms with van der Waals surface area (Å²) in [4.78, 5) is 21.7. The Bertz CT molecular complexity index is 820. The van der Waals surface area contributed by atoms with Crippen LogP contribution < -0.4 is 0 Å². The molecule has 2 aromatic rings. The molecular formula is C22H27N3O3. The normalized spacial score (nSPS) is 20.3. The number of rotatable bonds is 6. The minimum atomic E-state index is 0.0228. The molecule has 6 heteroatoms. The minimum absolute atomic E-state index is 0.0228. The summed E-state index contributed by atoms with van der Waals surface area (Å²) in [6.07, 6.45) is 4.72. The number of aliphatic hydroxyl groups is 1. The van der Waals surface area contributed by atoms with E-state index in [-0.39, 0.29) is 24.3 Å². The van der Waals surface area contributed by atoms with Crippen molar-refractivity contribution in [3.8, 4) is 17.0 Å². The topological polar surface area (TPSA) is 76.9 Å². The van der Waals surface area contributed by atoms with Crippen LogP contribution in [0, 0.1) is 5.92 Å². The first kappa shape index (κ1) is 18.9. The molecule has 2 N–H and O–H groups in total. The lowest BCUT2D eigenvalue weighted by Gasteiger charge is -2.41. The molecule has 1 aliphatic heterocycles. The number of aromatic nitrogens is 1. The van der Waals surface area contributed by atoms with E-state index in [1.54, 1.807) is 12.1 Å². The largest absolute Gasteiger partial charge is 0.506 e. The number of pyridine rings is 1. The second-order valence-corrected chi connectivity index (χ2v) is 7.84. The average molecular weight is 381 g/mol. The Labute approximate surface area is 165 Å². The van der Waals surface area contributed by atoms with Crippen LogP contribution in [0.5, 0.6) is 5.75 Å². The van der Waals surface area contributed by atoms with Gasteiger partial charge in [-0.2, -0.15) is 0 Å². The van der Waals surface area contributed by atoms with Crippen molar-refractivity contribution in [2.24, 2.45) is 5.92 Å². The van der Waals surface area contributed by atoms with E-state index in [1.165, 1.54) is 19.0 Å². The van der Waals surface area contributed by atoms with Gasteiger partial charge in [0, 0.05) is 50.0 Å². The zero-order valence-corrected chi connectivity index (χ0v) is 16.0. The van der Waals surface area contributed by atoms with E-state index in [1.807, 2.05) is 29.2 Å². The van der Waals surface area contributed by atoms with Crippen LogP contribution in [0.4, 0.5) is 0 Å². The zero-order valence-electron chi connectivity index (χ0n) is 16.0. The highest BCUT2D eigenvalue weighted by atomic mass is 16.3. The van der Waals surface area contributed by atoms with Crippen LogP contribution in [0.3, 0.4) is 0 Å². The first-order chi connectivity index (χ1) is 13.6. The number of hydrogen-bond donors (Lipinski definition) is 2. The summed E-state index contributed by atoms with van der Waals surface area (Å²) >= 11 is 0. The third-order valence-electron chi connectivity index (χ3n) is 5.70. The molecule has 0 spiro atoms. The number of benzene rings is 1. The quantitative estimate of drug-likeness (QED) is 0.803. The number of aromatic hydroxyl groups is 1. The van der Waals surface area contributed by atoms with E-state index in [9.17, 15) is 15.0 Å². The summed E-state index contributed by atoms with van der Waals surface area (Å²) in [6.45, 7) is 3.49. The van der Waals surface area contributed by atoms with Crippen molar-refractivity contribution in [2.45, 2.75) is 25.3 Å². The molecule has 1 aromatic heterocycles. The number of carbonyl (C=O) groups excluding carboxylic acids is 1. The molecule has 4 rings (SSSR count). The van der Waals surface area contributed by atoms with E-state index in [4.69, 9.17) is 0 Å². The van der Waals surface area contributed by atoms with Gasteiger partial charge in [0.2, 0.25) is 0 Å². The summed E-state index contributed by atoms with van der Waals surface area (Å²) < 4.78 is 0. The Morgan fingerprint density at radius 2 is 2.04 bits per heavy atom. The highest BCUT2D eigenvalue weighted by molar-refractivity contribution is 5.95. The number of amides is 1. The summed E-state index contributed by atoms with van der Waals surface area (Å²) in [5.74, 6) is 0.947. The maximum absolute atomic E-state index is 13.1. The van der Waals surface area contributed by atoms with Gasteiger partial charge in [-0.25, -0.2) is 0 Å². The third kappa shape index (κ3) is 4.34. The predicted octanol–water partition coefficient (Wildman–Crippen LogP) is 2.37. The highest BCUT2D eigenvalue weighted by Gasteiger charge is 2.33. The lowest BCUT2D eigenvalue weighted by Crippen LogP contribution is -2.55. The molecule has 6 nitrogen and oxygen atoms in total. The lowest BCUT2D eigenvalue weighted by atomic mass is 10.0. The third-order valence-corrected chi connectivity index (χ3v) is 5.70. The standard InChI is InChI=1S/C22H27N3O3/c26-11-8-19-15-25(10-9-24(19)14-16-4-5-16)22(28)18-3-1-2-17(12-18)21-7-6-20(27)13-23-21/h1-3,6-7,12-13,16,19,26-27H,4-5,8-11,14-15H2/t19-/m1/s1. The lowest BCUT2D eigenvalue weighted by molar-refractivity contribution is 0.0407. The Balaban J connectivity index is 1.47. The molecule has 2 aliphatic rings. The molecule has 1 saturated carbocycles. The Morgan fingerprint density at radius 3 is 2.75 bits per heavy atom. The fourth-order valence-corrected chi connectivity index (χ4v) is 3.92. The second-order valence-electron chi connectivity index (χ2n) is 7.84. The van der Waals surface area contributed by atoms with Crippen LogP contribution in [-0.2, 0) is 0 Å². The fourth-order valence-electron chi connectivity index (χ4n) is 3.92. The number of aliphatic hydroxyl groups excluding tert-OH is 1. The number of piperazine rings is 1. The van der Waals surface area contributed by atoms with Gasteiger partial charge >= 0.3 is 0 Å². The minimum Gasteiger partial charge on any atom is -0.506 e. The van der Waals surface area contributed by atoms with E-state index < -0.39 is 0 Å². The molecule has 1 amide bonds. The molecule has 0 unspecified atom stereocenters. The summed E-state index contributed by atoms with van der Waals surface area (Å²) in [5.41, 5.74) is 2.22. The van der Waals surface area contributed by atoms with Gasteiger partial charge in [0.25, 0.3) is 5.91 Å². The molecule has 1 aromatic carbocycles. The first-order valence-corrected chi connectivity index (χ1v) is 10.0. The molecule has 1 atom stereocenters. The van der Waals surface area contributed by atoms with Crippen molar-refractivity contribution >= 4 is 5.91 Å². The molecule has 28 heavy (non-hydrogen) atoms. The molecule has 2 heterocycles. The van der Waals surface area contributed by atoms with Gasteiger partial charge < -0.3 is 15.1 Å². The van der Waals surface area contributed by atoms with Crippen LogP contribution in [0.15, 0.2) is 42.6 Å². The van der Waals surface area contributed by atoms with Gasteiger partial charge in [0.05, 0.1) is 11.9 Å². The predicted molar refractivity (Wildman–Crippen MR) is 107 cm³/mol. The van der Waals surface area contributed by atoms with Gasteiger partial charge in [-0.1, -0.05) is 12.1 Å². The maximum atomic E-state index is 13.1. The van der Waals surface area contributed by atoms with Crippen molar-refractivity contribution in [1.82, 2.24) is 14.8 Å². The number of carbonyl (C=O) groups is 1. The molecule has 0 bridgehead atoms. The highest BCUT2D eigenvalue weighted by Crippen LogP contribution is 2.31. The van der Waals surface area contributed by atoms with Crippen molar-refractivity contribution < 1.29 is 15.0 Å². The Hall–Kier alpha value is -2.44. The van der Waals surface area contributed by atoms with E-state index >= 15 is 0 Å². The first-order valence-electron chi connectivity index (χ1n) is 10.0. The molecule has 1 aliphatic carbocycles. The SMILES string of the molecule is O=C(c1cccc(-c2ccc(O)cn2)c1)N1CCN(CC2CC2)[C@H](CCO)C1. The molecule has 148 valence electrons. The van der Waals surface area contributed by atoms with Crippen molar-refractivity contribution in [3.63, 3.8) is 0 Å². The molecular weight excluding hydrogens is 354 g/mol. The average Bonchev–Trinajstić information content (AvgIpc) is 3.54. The van der Waals surface area contributed by atoms with E-state index in [0.29, 0.717) is 18.5 Å². The smallest absolute Gasteiger partial charge is 0.253 e. The van der Waals surface area contributed by atoms with Gasteiger partial charge in [-0.05, 0) is 49.4 Å². The second kappa shape index (κ2) is 8.29. The van der Waals surface area contributed by atoms with E-state index in [0.717, 1.165) is 36.8 Å². The van der Waals surface area contributed by atoms with Crippen LogP contribution in [0.2, 0.25) is 0 Å². The maximum Gasteiger partial charge on any atom is 0.253 e. The Kier molecular flexibility index (Phi) is 5.59. The zero-order chi connectivity index (χ0) is 19.5.